The lowest BCUT2D eigenvalue weighted by Crippen LogP contribution is -2.21. The highest BCUT2D eigenvalue weighted by Crippen LogP contribution is 2.37. The summed E-state index contributed by atoms with van der Waals surface area (Å²) in [5.74, 6) is 1.12. The topological polar surface area (TPSA) is 42.5 Å². The van der Waals surface area contributed by atoms with Gasteiger partial charge in [0.2, 0.25) is 0 Å². The molecule has 0 aliphatic heterocycles. The molecule has 2 N–H and O–H groups in total. The van der Waals surface area contributed by atoms with Gasteiger partial charge in [-0.15, -0.1) is 0 Å². The Hall–Kier alpha value is -1.63. The number of halogens is 2. The molecule has 0 aliphatic rings. The van der Waals surface area contributed by atoms with Crippen molar-refractivity contribution in [1.29, 1.82) is 0 Å². The molecule has 0 aliphatic carbocycles. The van der Waals surface area contributed by atoms with E-state index in [4.69, 9.17) is 9.47 Å². The van der Waals surface area contributed by atoms with Crippen LogP contribution in [-0.4, -0.2) is 26.2 Å². The number of nitrogens with one attached hydrogen (secondary N) is 2. The molecule has 0 spiro atoms. The number of ether oxygens (including phenoxy) is 2. The molecule has 0 heterocycles. The fourth-order valence-corrected chi connectivity index (χ4v) is 3.21. The molecule has 0 radical (unpaired) electrons. The molecule has 0 fully saturated rings. The third kappa shape index (κ3) is 7.48. The highest BCUT2D eigenvalue weighted by Gasteiger charge is 2.12. The van der Waals surface area contributed by atoms with Crippen molar-refractivity contribution in [2.24, 2.45) is 0 Å². The molecule has 4 nitrogen and oxygen atoms in total. The second-order valence-corrected chi connectivity index (χ2v) is 6.99. The Morgan fingerprint density at radius 1 is 0.963 bits per heavy atom. The van der Waals surface area contributed by atoms with E-state index >= 15 is 0 Å². The van der Waals surface area contributed by atoms with Gasteiger partial charge in [0, 0.05) is 6.54 Å². The molecular formula is C21H28BrFN2O2. The molecule has 0 unspecified atom stereocenters. The Bertz CT molecular complexity index is 695. The van der Waals surface area contributed by atoms with Gasteiger partial charge in [-0.1, -0.05) is 19.1 Å². The summed E-state index contributed by atoms with van der Waals surface area (Å²) in [6, 6.07) is 10.3. The van der Waals surface area contributed by atoms with Crippen LogP contribution in [0.4, 0.5) is 4.39 Å². The van der Waals surface area contributed by atoms with Gasteiger partial charge in [0.25, 0.3) is 0 Å². The minimum absolute atomic E-state index is 0.253. The van der Waals surface area contributed by atoms with Crippen LogP contribution in [0.15, 0.2) is 40.9 Å². The lowest BCUT2D eigenvalue weighted by atomic mass is 10.2. The zero-order chi connectivity index (χ0) is 19.5. The first kappa shape index (κ1) is 21.7. The first-order valence-corrected chi connectivity index (χ1v) is 10.2. The second kappa shape index (κ2) is 12.0. The molecule has 0 amide bonds. The standard InChI is InChI=1S/C21H28BrFN2O2/c1-3-24-10-5-11-25-14-17-12-19(22)21(20(13-17)26-4-2)27-15-16-6-8-18(23)9-7-16/h6-9,12-13,24-25H,3-5,10-11,14-15H2,1-2H3. The largest absolute Gasteiger partial charge is 0.490 e. The quantitative estimate of drug-likeness (QED) is 0.473. The Kier molecular flexibility index (Phi) is 9.59. The van der Waals surface area contributed by atoms with Crippen molar-refractivity contribution in [3.8, 4) is 11.5 Å². The molecule has 148 valence electrons. The molecular weight excluding hydrogens is 411 g/mol. The number of hydrogen-bond donors (Lipinski definition) is 2. The average Bonchev–Trinajstić information content (AvgIpc) is 2.65. The van der Waals surface area contributed by atoms with E-state index in [1.165, 1.54) is 12.1 Å². The zero-order valence-electron chi connectivity index (χ0n) is 16.0. The molecule has 2 rings (SSSR count). The van der Waals surface area contributed by atoms with E-state index in [1.807, 2.05) is 19.1 Å². The van der Waals surface area contributed by atoms with E-state index in [0.717, 1.165) is 48.2 Å². The SMILES string of the molecule is CCNCCCNCc1cc(Br)c(OCc2ccc(F)cc2)c(OCC)c1. The fourth-order valence-electron chi connectivity index (χ4n) is 2.61. The van der Waals surface area contributed by atoms with Gasteiger partial charge in [-0.05, 0) is 84.3 Å². The first-order valence-electron chi connectivity index (χ1n) is 9.38. The Balaban J connectivity index is 1.98. The van der Waals surface area contributed by atoms with E-state index < -0.39 is 0 Å². The zero-order valence-corrected chi connectivity index (χ0v) is 17.6. The van der Waals surface area contributed by atoms with Crippen LogP contribution >= 0.6 is 15.9 Å². The number of benzene rings is 2. The van der Waals surface area contributed by atoms with Crippen LogP contribution in [0.3, 0.4) is 0 Å². The molecule has 0 atom stereocenters. The summed E-state index contributed by atoms with van der Waals surface area (Å²) in [6.45, 7) is 8.71. The minimum Gasteiger partial charge on any atom is -0.490 e. The Labute approximate surface area is 169 Å². The van der Waals surface area contributed by atoms with Crippen molar-refractivity contribution in [1.82, 2.24) is 10.6 Å². The summed E-state index contributed by atoms with van der Waals surface area (Å²) >= 11 is 3.59. The van der Waals surface area contributed by atoms with E-state index in [2.05, 4.69) is 33.5 Å². The first-order chi connectivity index (χ1) is 13.1. The van der Waals surface area contributed by atoms with Gasteiger partial charge in [0.05, 0.1) is 11.1 Å². The van der Waals surface area contributed by atoms with Crippen molar-refractivity contribution >= 4 is 15.9 Å². The maximum Gasteiger partial charge on any atom is 0.175 e. The van der Waals surface area contributed by atoms with Crippen LogP contribution in [0, 0.1) is 5.82 Å². The molecule has 0 saturated carbocycles. The molecule has 2 aromatic rings. The summed E-state index contributed by atoms with van der Waals surface area (Å²) in [5.41, 5.74) is 2.03. The molecule has 6 heteroatoms. The van der Waals surface area contributed by atoms with E-state index in [-0.39, 0.29) is 5.82 Å². The predicted molar refractivity (Wildman–Crippen MR) is 111 cm³/mol. The maximum absolute atomic E-state index is 13.0. The van der Waals surface area contributed by atoms with Crippen molar-refractivity contribution in [3.63, 3.8) is 0 Å². The summed E-state index contributed by atoms with van der Waals surface area (Å²) < 4.78 is 25.6. The van der Waals surface area contributed by atoms with Gasteiger partial charge in [-0.3, -0.25) is 0 Å². The maximum atomic E-state index is 13.0. The third-order valence-electron chi connectivity index (χ3n) is 3.95. The number of hydrogen-bond acceptors (Lipinski definition) is 4. The normalized spacial score (nSPS) is 10.8. The summed E-state index contributed by atoms with van der Waals surface area (Å²) in [5, 5.41) is 6.76. The van der Waals surface area contributed by atoms with Crippen molar-refractivity contribution in [2.75, 3.05) is 26.2 Å². The number of rotatable bonds is 12. The average molecular weight is 439 g/mol. The van der Waals surface area contributed by atoms with E-state index in [1.54, 1.807) is 12.1 Å². The van der Waals surface area contributed by atoms with Crippen molar-refractivity contribution < 1.29 is 13.9 Å². The third-order valence-corrected chi connectivity index (χ3v) is 4.54. The van der Waals surface area contributed by atoms with Crippen LogP contribution < -0.4 is 20.1 Å². The monoisotopic (exact) mass is 438 g/mol. The Morgan fingerprint density at radius 3 is 2.41 bits per heavy atom. The van der Waals surface area contributed by atoms with E-state index in [0.29, 0.717) is 24.7 Å². The van der Waals surface area contributed by atoms with Crippen LogP contribution in [0.5, 0.6) is 11.5 Å². The highest BCUT2D eigenvalue weighted by atomic mass is 79.9. The van der Waals surface area contributed by atoms with Crippen LogP contribution in [-0.2, 0) is 13.2 Å². The fraction of sp³-hybridized carbons (Fsp3) is 0.429. The van der Waals surface area contributed by atoms with Crippen LogP contribution in [0.25, 0.3) is 0 Å². The molecule has 0 aromatic heterocycles. The van der Waals surface area contributed by atoms with Crippen molar-refractivity contribution in [2.45, 2.75) is 33.4 Å². The lowest BCUT2D eigenvalue weighted by Gasteiger charge is -2.16. The van der Waals surface area contributed by atoms with Gasteiger partial charge < -0.3 is 20.1 Å². The summed E-state index contributed by atoms with van der Waals surface area (Å²) in [7, 11) is 0. The van der Waals surface area contributed by atoms with Gasteiger partial charge in [0.1, 0.15) is 12.4 Å². The second-order valence-electron chi connectivity index (χ2n) is 6.14. The van der Waals surface area contributed by atoms with E-state index in [9.17, 15) is 4.39 Å². The molecule has 27 heavy (non-hydrogen) atoms. The Morgan fingerprint density at radius 2 is 1.70 bits per heavy atom. The summed E-state index contributed by atoms with van der Waals surface area (Å²) in [6.07, 6.45) is 1.09. The lowest BCUT2D eigenvalue weighted by molar-refractivity contribution is 0.267. The highest BCUT2D eigenvalue weighted by molar-refractivity contribution is 9.10. The summed E-state index contributed by atoms with van der Waals surface area (Å²) in [4.78, 5) is 0. The smallest absolute Gasteiger partial charge is 0.175 e. The van der Waals surface area contributed by atoms with Gasteiger partial charge in [-0.2, -0.15) is 0 Å². The van der Waals surface area contributed by atoms with Gasteiger partial charge in [-0.25, -0.2) is 4.39 Å². The van der Waals surface area contributed by atoms with Crippen molar-refractivity contribution in [3.05, 3.63) is 57.8 Å². The van der Waals surface area contributed by atoms with Crippen LogP contribution in [0.1, 0.15) is 31.4 Å². The predicted octanol–water partition coefficient (Wildman–Crippen LogP) is 4.66. The molecule has 0 bridgehead atoms. The van der Waals surface area contributed by atoms with Gasteiger partial charge in [0.15, 0.2) is 11.5 Å². The van der Waals surface area contributed by atoms with Gasteiger partial charge >= 0.3 is 0 Å². The minimum atomic E-state index is -0.253. The molecule has 0 saturated heterocycles. The van der Waals surface area contributed by atoms with Crippen LogP contribution in [0.2, 0.25) is 0 Å². The molecule has 2 aromatic carbocycles.